The van der Waals surface area contributed by atoms with Crippen molar-refractivity contribution in [3.63, 3.8) is 0 Å². The molecule has 0 saturated carbocycles. The second-order valence-electron chi connectivity index (χ2n) is 7.54. The zero-order valence-electron chi connectivity index (χ0n) is 16.8. The second-order valence-corrected chi connectivity index (χ2v) is 7.54. The average Bonchev–Trinajstić information content (AvgIpc) is 3.41. The van der Waals surface area contributed by atoms with Gasteiger partial charge in [0.15, 0.2) is 0 Å². The third-order valence-electron chi connectivity index (χ3n) is 5.64. The molecular weight excluding hydrogens is 370 g/mol. The summed E-state index contributed by atoms with van der Waals surface area (Å²) < 4.78 is 13.1. The van der Waals surface area contributed by atoms with Gasteiger partial charge >= 0.3 is 0 Å². The quantitative estimate of drug-likeness (QED) is 0.776. The van der Waals surface area contributed by atoms with Crippen LogP contribution in [-0.4, -0.2) is 71.7 Å². The fraction of sp³-hybridized carbons (Fsp3) is 0.455. The van der Waals surface area contributed by atoms with Crippen molar-refractivity contribution in [3.8, 4) is 5.75 Å². The molecular formula is C22H27N3O4. The van der Waals surface area contributed by atoms with E-state index in [2.05, 4.69) is 0 Å². The van der Waals surface area contributed by atoms with Gasteiger partial charge in [-0.15, -0.1) is 0 Å². The number of benzene rings is 1. The Morgan fingerprint density at radius 1 is 1.07 bits per heavy atom. The van der Waals surface area contributed by atoms with Crippen molar-refractivity contribution >= 4 is 11.8 Å². The van der Waals surface area contributed by atoms with Gasteiger partial charge in [-0.2, -0.15) is 0 Å². The first kappa shape index (κ1) is 19.5. The molecule has 7 heteroatoms. The Kier molecular flexibility index (Phi) is 5.85. The Morgan fingerprint density at radius 3 is 2.52 bits per heavy atom. The molecule has 154 valence electrons. The van der Waals surface area contributed by atoms with Crippen LogP contribution in [0.5, 0.6) is 5.75 Å². The van der Waals surface area contributed by atoms with E-state index in [1.807, 2.05) is 51.9 Å². The highest BCUT2D eigenvalue weighted by molar-refractivity contribution is 5.94. The van der Waals surface area contributed by atoms with Crippen LogP contribution in [0.25, 0.3) is 0 Å². The summed E-state index contributed by atoms with van der Waals surface area (Å²) in [6.45, 7) is 3.64. The summed E-state index contributed by atoms with van der Waals surface area (Å²) in [5, 5.41) is 0. The summed E-state index contributed by atoms with van der Waals surface area (Å²) in [6, 6.07) is 11.0. The fourth-order valence-electron chi connectivity index (χ4n) is 3.94. The number of likely N-dealkylation sites (tertiary alicyclic amines) is 1. The Balaban J connectivity index is 1.34. The van der Waals surface area contributed by atoms with E-state index >= 15 is 0 Å². The Morgan fingerprint density at radius 2 is 1.83 bits per heavy atom. The van der Waals surface area contributed by atoms with Crippen LogP contribution in [-0.2, 0) is 11.8 Å². The van der Waals surface area contributed by atoms with Crippen molar-refractivity contribution < 1.29 is 19.1 Å². The van der Waals surface area contributed by atoms with Crippen molar-refractivity contribution in [1.82, 2.24) is 14.4 Å². The maximum absolute atomic E-state index is 12.8. The van der Waals surface area contributed by atoms with Crippen molar-refractivity contribution in [2.24, 2.45) is 7.05 Å². The molecule has 2 aliphatic rings. The minimum atomic E-state index is 0.0231. The molecule has 2 saturated heterocycles. The first-order valence-corrected chi connectivity index (χ1v) is 10.2. The summed E-state index contributed by atoms with van der Waals surface area (Å²) in [5.74, 6) is 0.784. The van der Waals surface area contributed by atoms with Crippen LogP contribution in [0, 0.1) is 0 Å². The molecule has 2 amide bonds. The van der Waals surface area contributed by atoms with E-state index in [4.69, 9.17) is 9.47 Å². The second kappa shape index (κ2) is 8.69. The number of hydrogen-bond donors (Lipinski definition) is 0. The molecule has 1 aromatic heterocycles. The van der Waals surface area contributed by atoms with Gasteiger partial charge in [0.2, 0.25) is 0 Å². The van der Waals surface area contributed by atoms with Gasteiger partial charge < -0.3 is 23.8 Å². The maximum atomic E-state index is 12.8. The van der Waals surface area contributed by atoms with Crippen molar-refractivity contribution in [1.29, 1.82) is 0 Å². The monoisotopic (exact) mass is 397 g/mol. The lowest BCUT2D eigenvalue weighted by atomic mass is 10.2. The Labute approximate surface area is 170 Å². The SMILES string of the molecule is Cn1cccc1C(=O)N1CCCC1COc1ccc(C(=O)N2CCOCC2)cc1. The fourth-order valence-corrected chi connectivity index (χ4v) is 3.94. The van der Waals surface area contributed by atoms with E-state index in [0.717, 1.165) is 19.4 Å². The lowest BCUT2D eigenvalue weighted by Crippen LogP contribution is -2.40. The molecule has 3 heterocycles. The predicted molar refractivity (Wildman–Crippen MR) is 108 cm³/mol. The molecule has 2 fully saturated rings. The van der Waals surface area contributed by atoms with Gasteiger partial charge in [0.1, 0.15) is 18.1 Å². The van der Waals surface area contributed by atoms with E-state index in [9.17, 15) is 9.59 Å². The molecule has 0 bridgehead atoms. The van der Waals surface area contributed by atoms with Crippen LogP contribution in [0.2, 0.25) is 0 Å². The third kappa shape index (κ3) is 4.29. The Bertz CT molecular complexity index is 855. The predicted octanol–water partition coefficient (Wildman–Crippen LogP) is 2.18. The number of rotatable bonds is 5. The van der Waals surface area contributed by atoms with Crippen molar-refractivity contribution in [2.45, 2.75) is 18.9 Å². The lowest BCUT2D eigenvalue weighted by molar-refractivity contribution is 0.0303. The first-order chi connectivity index (χ1) is 14.1. The van der Waals surface area contributed by atoms with Crippen LogP contribution in [0.3, 0.4) is 0 Å². The smallest absolute Gasteiger partial charge is 0.270 e. The molecule has 0 spiro atoms. The highest BCUT2D eigenvalue weighted by atomic mass is 16.5. The third-order valence-corrected chi connectivity index (χ3v) is 5.64. The van der Waals surface area contributed by atoms with E-state index < -0.39 is 0 Å². The van der Waals surface area contributed by atoms with E-state index in [0.29, 0.717) is 49.9 Å². The zero-order chi connectivity index (χ0) is 20.2. The minimum Gasteiger partial charge on any atom is -0.491 e. The number of amides is 2. The number of aromatic nitrogens is 1. The minimum absolute atomic E-state index is 0.0231. The van der Waals surface area contributed by atoms with Crippen LogP contribution in [0.1, 0.15) is 33.7 Å². The molecule has 29 heavy (non-hydrogen) atoms. The van der Waals surface area contributed by atoms with Gasteiger partial charge in [-0.05, 0) is 49.2 Å². The summed E-state index contributed by atoms with van der Waals surface area (Å²) in [6.07, 6.45) is 3.80. The Hall–Kier alpha value is -2.80. The lowest BCUT2D eigenvalue weighted by Gasteiger charge is -2.27. The molecule has 4 rings (SSSR count). The zero-order valence-corrected chi connectivity index (χ0v) is 16.8. The molecule has 0 N–H and O–H groups in total. The normalized spacial score (nSPS) is 19.4. The number of nitrogens with zero attached hydrogens (tertiary/aromatic N) is 3. The van der Waals surface area contributed by atoms with Crippen molar-refractivity contribution in [2.75, 3.05) is 39.5 Å². The van der Waals surface area contributed by atoms with Gasteiger partial charge in [-0.1, -0.05) is 0 Å². The van der Waals surface area contributed by atoms with Gasteiger partial charge in [-0.25, -0.2) is 0 Å². The molecule has 1 atom stereocenters. The topological polar surface area (TPSA) is 64.0 Å². The van der Waals surface area contributed by atoms with E-state index in [1.165, 1.54) is 0 Å². The van der Waals surface area contributed by atoms with Gasteiger partial charge in [0.05, 0.1) is 19.3 Å². The summed E-state index contributed by atoms with van der Waals surface area (Å²) in [5.41, 5.74) is 1.35. The van der Waals surface area contributed by atoms with Crippen LogP contribution in [0.15, 0.2) is 42.6 Å². The van der Waals surface area contributed by atoms with Crippen LogP contribution < -0.4 is 4.74 Å². The largest absolute Gasteiger partial charge is 0.491 e. The first-order valence-electron chi connectivity index (χ1n) is 10.2. The summed E-state index contributed by atoms with van der Waals surface area (Å²) in [7, 11) is 1.88. The van der Waals surface area contributed by atoms with Gasteiger partial charge in [0, 0.05) is 38.4 Å². The summed E-state index contributed by atoms with van der Waals surface area (Å²) in [4.78, 5) is 29.1. The van der Waals surface area contributed by atoms with Crippen LogP contribution >= 0.6 is 0 Å². The molecule has 1 aromatic carbocycles. The van der Waals surface area contributed by atoms with Gasteiger partial charge in [-0.3, -0.25) is 9.59 Å². The highest BCUT2D eigenvalue weighted by Crippen LogP contribution is 2.22. The number of hydrogen-bond acceptors (Lipinski definition) is 4. The molecule has 0 aliphatic carbocycles. The molecule has 1 unspecified atom stereocenters. The number of aryl methyl sites for hydroxylation is 1. The number of ether oxygens (including phenoxy) is 2. The molecule has 2 aliphatic heterocycles. The van der Waals surface area contributed by atoms with Gasteiger partial charge in [0.25, 0.3) is 11.8 Å². The highest BCUT2D eigenvalue weighted by Gasteiger charge is 2.31. The standard InChI is InChI=1S/C22H27N3O4/c1-23-10-3-5-20(23)22(27)25-11-2-4-18(25)16-29-19-8-6-17(7-9-19)21(26)24-12-14-28-15-13-24/h3,5-10,18H,2,4,11-16H2,1H3. The molecule has 0 radical (unpaired) electrons. The number of morpholine rings is 1. The average molecular weight is 397 g/mol. The number of carbonyl (C=O) groups excluding carboxylic acids is 2. The summed E-state index contributed by atoms with van der Waals surface area (Å²) >= 11 is 0. The van der Waals surface area contributed by atoms with E-state index in [1.54, 1.807) is 12.1 Å². The molecule has 2 aromatic rings. The van der Waals surface area contributed by atoms with Crippen molar-refractivity contribution in [3.05, 3.63) is 53.9 Å². The van der Waals surface area contributed by atoms with Crippen LogP contribution in [0.4, 0.5) is 0 Å². The number of carbonyl (C=O) groups is 2. The maximum Gasteiger partial charge on any atom is 0.270 e. The van der Waals surface area contributed by atoms with E-state index in [-0.39, 0.29) is 17.9 Å². The molecule has 7 nitrogen and oxygen atoms in total.